The van der Waals surface area contributed by atoms with E-state index < -0.39 is 6.04 Å². The maximum Gasteiger partial charge on any atom is 0.309 e. The normalized spacial score (nSPS) is 18.2. The minimum absolute atomic E-state index is 0.144. The monoisotopic (exact) mass is 510 g/mol. The number of piperidine rings is 1. The molecule has 1 unspecified atom stereocenters. The van der Waals surface area contributed by atoms with E-state index in [-0.39, 0.29) is 23.5 Å². The van der Waals surface area contributed by atoms with Gasteiger partial charge in [-0.05, 0) is 55.2 Å². The van der Waals surface area contributed by atoms with Crippen LogP contribution in [0.3, 0.4) is 0 Å². The first-order chi connectivity index (χ1) is 18.0. The number of H-pyrrole nitrogens is 1. The summed E-state index contributed by atoms with van der Waals surface area (Å²) in [4.78, 5) is 31.2. The van der Waals surface area contributed by atoms with Gasteiger partial charge in [0.05, 0.1) is 38.3 Å². The number of hydrogen-bond donors (Lipinski definition) is 1. The summed E-state index contributed by atoms with van der Waals surface area (Å²) in [5.74, 6) is 1.48. The largest absolute Gasteiger partial charge is 0.493 e. The fourth-order valence-corrected chi connectivity index (χ4v) is 5.70. The lowest BCUT2D eigenvalue weighted by Crippen LogP contribution is -2.42. The molecule has 0 radical (unpaired) electrons. The summed E-state index contributed by atoms with van der Waals surface area (Å²) in [5.41, 5.74) is 1.00. The van der Waals surface area contributed by atoms with Crippen LogP contribution in [0.15, 0.2) is 23.0 Å². The number of benzene rings is 1. The fourth-order valence-electron chi connectivity index (χ4n) is 5.70. The summed E-state index contributed by atoms with van der Waals surface area (Å²) >= 11 is 0. The van der Waals surface area contributed by atoms with Crippen LogP contribution in [0.2, 0.25) is 0 Å². The first-order valence-corrected chi connectivity index (χ1v) is 13.0. The third kappa shape index (κ3) is 4.92. The number of aromatic nitrogens is 5. The predicted molar refractivity (Wildman–Crippen MR) is 136 cm³/mol. The maximum atomic E-state index is 13.6. The molecule has 1 saturated carbocycles. The summed E-state index contributed by atoms with van der Waals surface area (Å²) in [6, 6.07) is 5.28. The van der Waals surface area contributed by atoms with Crippen LogP contribution in [0.5, 0.6) is 11.5 Å². The molecule has 3 aromatic rings. The topological polar surface area (TPSA) is 124 Å². The van der Waals surface area contributed by atoms with Crippen LogP contribution in [0, 0.1) is 5.92 Å². The molecule has 2 fully saturated rings. The predicted octanol–water partition coefficient (Wildman–Crippen LogP) is 3.01. The zero-order chi connectivity index (χ0) is 25.9. The Balaban J connectivity index is 1.57. The van der Waals surface area contributed by atoms with E-state index in [1.807, 2.05) is 23.7 Å². The quantitative estimate of drug-likeness (QED) is 0.455. The van der Waals surface area contributed by atoms with Gasteiger partial charge < -0.3 is 19.2 Å². The molecule has 2 aliphatic rings. The molecule has 1 aliphatic carbocycles. The Morgan fingerprint density at radius 2 is 1.78 bits per heavy atom. The number of fused-ring (bicyclic) bond motifs is 1. The zero-order valence-electron chi connectivity index (χ0n) is 21.6. The van der Waals surface area contributed by atoms with Crippen molar-refractivity contribution in [2.75, 3.05) is 33.9 Å². The number of esters is 1. The average molecular weight is 511 g/mol. The van der Waals surface area contributed by atoms with Crippen LogP contribution < -0.4 is 15.0 Å². The van der Waals surface area contributed by atoms with E-state index >= 15 is 0 Å². The molecule has 0 bridgehead atoms. The van der Waals surface area contributed by atoms with Crippen LogP contribution in [-0.4, -0.2) is 70.0 Å². The fraction of sp³-hybridized carbons (Fsp3) is 0.577. The van der Waals surface area contributed by atoms with Crippen molar-refractivity contribution >= 4 is 16.9 Å². The van der Waals surface area contributed by atoms with Gasteiger partial charge in [0.2, 0.25) is 0 Å². The highest BCUT2D eigenvalue weighted by atomic mass is 16.5. The molecular weight excluding hydrogens is 476 g/mol. The highest BCUT2D eigenvalue weighted by Gasteiger charge is 2.36. The smallest absolute Gasteiger partial charge is 0.309 e. The average Bonchev–Trinajstić information content (AvgIpc) is 3.61. The molecule has 1 saturated heterocycles. The van der Waals surface area contributed by atoms with E-state index in [9.17, 15) is 9.59 Å². The van der Waals surface area contributed by atoms with Crippen molar-refractivity contribution in [3.8, 4) is 11.5 Å². The van der Waals surface area contributed by atoms with Gasteiger partial charge in [-0.15, -0.1) is 5.10 Å². The molecule has 11 heteroatoms. The first-order valence-electron chi connectivity index (χ1n) is 13.0. The molecule has 198 valence electrons. The molecule has 1 aromatic carbocycles. The van der Waals surface area contributed by atoms with Gasteiger partial charge in [0.15, 0.2) is 17.3 Å². The lowest BCUT2D eigenvalue weighted by molar-refractivity contribution is -0.149. The van der Waals surface area contributed by atoms with E-state index in [1.165, 1.54) is 0 Å². The third-order valence-corrected chi connectivity index (χ3v) is 7.62. The first kappa shape index (κ1) is 25.2. The number of tetrazole rings is 1. The Bertz CT molecular complexity index is 1310. The second-order valence-electron chi connectivity index (χ2n) is 9.73. The highest BCUT2D eigenvalue weighted by molar-refractivity contribution is 5.83. The van der Waals surface area contributed by atoms with Crippen molar-refractivity contribution in [3.05, 3.63) is 39.9 Å². The lowest BCUT2D eigenvalue weighted by Gasteiger charge is -2.36. The summed E-state index contributed by atoms with van der Waals surface area (Å²) < 4.78 is 18.1. The minimum atomic E-state index is -0.458. The number of carbonyl (C=O) groups excluding carboxylic acids is 1. The van der Waals surface area contributed by atoms with Gasteiger partial charge in [-0.1, -0.05) is 12.8 Å². The molecule has 0 amide bonds. The third-order valence-electron chi connectivity index (χ3n) is 7.62. The number of nitrogens with zero attached hydrogens (tertiary/aromatic N) is 5. The van der Waals surface area contributed by atoms with E-state index in [0.717, 1.165) is 31.1 Å². The van der Waals surface area contributed by atoms with Crippen LogP contribution >= 0.6 is 0 Å². The Morgan fingerprint density at radius 1 is 1.08 bits per heavy atom. The molecule has 3 heterocycles. The van der Waals surface area contributed by atoms with E-state index in [4.69, 9.17) is 14.2 Å². The number of likely N-dealkylation sites (tertiary alicyclic amines) is 1. The van der Waals surface area contributed by atoms with Crippen LogP contribution in [0.1, 0.15) is 68.9 Å². The van der Waals surface area contributed by atoms with Crippen LogP contribution in [0.4, 0.5) is 0 Å². The number of hydrogen-bond acceptors (Lipinski definition) is 9. The van der Waals surface area contributed by atoms with Crippen LogP contribution in [-0.2, 0) is 9.53 Å². The van der Waals surface area contributed by atoms with Crippen molar-refractivity contribution in [1.82, 2.24) is 30.1 Å². The summed E-state index contributed by atoms with van der Waals surface area (Å²) in [6.07, 6.45) is 5.60. The van der Waals surface area contributed by atoms with Crippen molar-refractivity contribution < 1.29 is 19.0 Å². The van der Waals surface area contributed by atoms with Gasteiger partial charge in [0.25, 0.3) is 5.56 Å². The number of ether oxygens (including phenoxy) is 3. The summed E-state index contributed by atoms with van der Waals surface area (Å²) in [5, 5.41) is 13.7. The summed E-state index contributed by atoms with van der Waals surface area (Å²) in [6.45, 7) is 3.44. The van der Waals surface area contributed by atoms with Gasteiger partial charge in [0, 0.05) is 30.1 Å². The Labute approximate surface area is 215 Å². The number of methoxy groups -OCH3 is 2. The van der Waals surface area contributed by atoms with E-state index in [2.05, 4.69) is 25.4 Å². The molecule has 1 atom stereocenters. The molecule has 1 N–H and O–H groups in total. The maximum absolute atomic E-state index is 13.6. The van der Waals surface area contributed by atoms with Gasteiger partial charge >= 0.3 is 5.97 Å². The minimum Gasteiger partial charge on any atom is -0.493 e. The molecule has 11 nitrogen and oxygen atoms in total. The highest BCUT2D eigenvalue weighted by Crippen LogP contribution is 2.37. The molecule has 5 rings (SSSR count). The number of aromatic amines is 1. The van der Waals surface area contributed by atoms with Crippen molar-refractivity contribution in [2.24, 2.45) is 5.92 Å². The molecule has 1 aliphatic heterocycles. The standard InChI is InChI=1S/C26H34N6O5/c1-4-37-26(34)16-9-11-31(12-10-16)23(24-28-29-30-32(24)18-7-5-6-8-18)19-13-17-14-21(35-2)22(36-3)15-20(17)27-25(19)33/h13-16,18,23H,4-12H2,1-3H3,(H,27,33). The van der Waals surface area contributed by atoms with Crippen molar-refractivity contribution in [3.63, 3.8) is 0 Å². The molecular formula is C26H34N6O5. The second-order valence-corrected chi connectivity index (χ2v) is 9.73. The summed E-state index contributed by atoms with van der Waals surface area (Å²) in [7, 11) is 3.15. The van der Waals surface area contributed by atoms with Gasteiger partial charge in [0.1, 0.15) is 6.04 Å². The number of carbonyl (C=O) groups is 1. The van der Waals surface area contributed by atoms with Crippen LogP contribution in [0.25, 0.3) is 10.9 Å². The Kier molecular flexibility index (Phi) is 7.40. The van der Waals surface area contributed by atoms with Gasteiger partial charge in [-0.3, -0.25) is 14.5 Å². The van der Waals surface area contributed by atoms with Gasteiger partial charge in [-0.2, -0.15) is 0 Å². The molecule has 37 heavy (non-hydrogen) atoms. The number of nitrogens with one attached hydrogen (secondary N) is 1. The second kappa shape index (κ2) is 10.9. The number of pyridine rings is 1. The zero-order valence-corrected chi connectivity index (χ0v) is 21.6. The Morgan fingerprint density at radius 3 is 2.46 bits per heavy atom. The SMILES string of the molecule is CCOC(=O)C1CCN(C(c2cc3cc(OC)c(OC)cc3[nH]c2=O)c2nnnn2C2CCCC2)CC1. The number of rotatable bonds is 8. The van der Waals surface area contributed by atoms with E-state index in [0.29, 0.717) is 60.9 Å². The molecule has 0 spiro atoms. The molecule has 2 aromatic heterocycles. The Hall–Kier alpha value is -3.47. The van der Waals surface area contributed by atoms with Gasteiger partial charge in [-0.25, -0.2) is 4.68 Å². The van der Waals surface area contributed by atoms with E-state index in [1.54, 1.807) is 20.3 Å². The van der Waals surface area contributed by atoms with Crippen molar-refractivity contribution in [2.45, 2.75) is 57.5 Å². The van der Waals surface area contributed by atoms with Crippen molar-refractivity contribution in [1.29, 1.82) is 0 Å². The lowest BCUT2D eigenvalue weighted by atomic mass is 9.93.